The van der Waals surface area contributed by atoms with Crippen molar-refractivity contribution in [2.75, 3.05) is 13.2 Å². The van der Waals surface area contributed by atoms with Crippen LogP contribution in [-0.2, 0) is 25.7 Å². The summed E-state index contributed by atoms with van der Waals surface area (Å²) in [5, 5.41) is 2.74. The van der Waals surface area contributed by atoms with Crippen LogP contribution in [0.4, 0.5) is 4.39 Å². The molecule has 0 saturated heterocycles. The van der Waals surface area contributed by atoms with Crippen LogP contribution in [0.1, 0.15) is 43.0 Å². The van der Waals surface area contributed by atoms with E-state index in [2.05, 4.69) is 5.32 Å². The van der Waals surface area contributed by atoms with Gasteiger partial charge in [0.25, 0.3) is 5.91 Å². The van der Waals surface area contributed by atoms with Crippen molar-refractivity contribution >= 4 is 17.8 Å². The lowest BCUT2D eigenvalue weighted by Crippen LogP contribution is -2.35. The number of nitrogens with one attached hydrogen (secondary N) is 1. The molecule has 30 heavy (non-hydrogen) atoms. The Morgan fingerprint density at radius 2 is 1.83 bits per heavy atom. The first-order valence-electron chi connectivity index (χ1n) is 9.80. The quantitative estimate of drug-likeness (QED) is 0.639. The number of amides is 2. The molecule has 0 spiro atoms. The van der Waals surface area contributed by atoms with Crippen LogP contribution in [-0.4, -0.2) is 35.8 Å². The van der Waals surface area contributed by atoms with Gasteiger partial charge >= 0.3 is 5.97 Å². The highest BCUT2D eigenvalue weighted by Crippen LogP contribution is 2.18. The molecule has 2 aromatic rings. The molecule has 2 rings (SSSR count). The van der Waals surface area contributed by atoms with Crippen LogP contribution >= 0.6 is 0 Å². The molecule has 7 heteroatoms. The Bertz CT molecular complexity index is 883. The van der Waals surface area contributed by atoms with E-state index in [1.165, 1.54) is 24.0 Å². The van der Waals surface area contributed by atoms with Crippen molar-refractivity contribution in [3.05, 3.63) is 71.0 Å². The van der Waals surface area contributed by atoms with Crippen molar-refractivity contribution in [2.24, 2.45) is 0 Å². The summed E-state index contributed by atoms with van der Waals surface area (Å²) in [5.74, 6) is -1.61. The number of halogens is 1. The molecule has 1 N–H and O–H groups in total. The monoisotopic (exact) mass is 414 g/mol. The Morgan fingerprint density at radius 1 is 1.13 bits per heavy atom. The minimum atomic E-state index is -0.593. The molecule has 0 aliphatic heterocycles. The van der Waals surface area contributed by atoms with Gasteiger partial charge in [0.1, 0.15) is 5.82 Å². The van der Waals surface area contributed by atoms with Gasteiger partial charge in [0.05, 0.1) is 12.5 Å². The predicted molar refractivity (Wildman–Crippen MR) is 111 cm³/mol. The minimum Gasteiger partial charge on any atom is -0.455 e. The van der Waals surface area contributed by atoms with Crippen molar-refractivity contribution in [1.29, 1.82) is 0 Å². The van der Waals surface area contributed by atoms with Gasteiger partial charge in [-0.15, -0.1) is 0 Å². The lowest BCUT2D eigenvalue weighted by molar-refractivity contribution is -0.152. The number of rotatable bonds is 9. The van der Waals surface area contributed by atoms with Gasteiger partial charge in [0.2, 0.25) is 5.91 Å². The fourth-order valence-corrected chi connectivity index (χ4v) is 2.99. The SMILES string of the molecule is CCN(Cc1cccc(F)c1)C(=O)COC(=O)CC(NC(C)=O)c1ccc(C)cc1. The zero-order valence-electron chi connectivity index (χ0n) is 17.5. The van der Waals surface area contributed by atoms with Crippen molar-refractivity contribution in [3.63, 3.8) is 0 Å². The average molecular weight is 414 g/mol. The number of benzene rings is 2. The summed E-state index contributed by atoms with van der Waals surface area (Å²) in [6.07, 6.45) is -0.0913. The van der Waals surface area contributed by atoms with Crippen LogP contribution in [0.5, 0.6) is 0 Å². The summed E-state index contributed by atoms with van der Waals surface area (Å²) in [7, 11) is 0. The average Bonchev–Trinajstić information content (AvgIpc) is 2.70. The van der Waals surface area contributed by atoms with E-state index >= 15 is 0 Å². The third-order valence-corrected chi connectivity index (χ3v) is 4.58. The second-order valence-corrected chi connectivity index (χ2v) is 7.07. The molecule has 160 valence electrons. The molecule has 0 aliphatic rings. The summed E-state index contributed by atoms with van der Waals surface area (Å²) in [4.78, 5) is 37.7. The van der Waals surface area contributed by atoms with E-state index in [9.17, 15) is 18.8 Å². The molecular weight excluding hydrogens is 387 g/mol. The number of carbonyl (C=O) groups is 3. The number of hydrogen-bond donors (Lipinski definition) is 1. The molecule has 0 aliphatic carbocycles. The topological polar surface area (TPSA) is 75.7 Å². The maximum atomic E-state index is 13.3. The van der Waals surface area contributed by atoms with Crippen molar-refractivity contribution in [1.82, 2.24) is 10.2 Å². The van der Waals surface area contributed by atoms with Crippen molar-refractivity contribution < 1.29 is 23.5 Å². The Hall–Kier alpha value is -3.22. The Morgan fingerprint density at radius 3 is 2.43 bits per heavy atom. The molecule has 6 nitrogen and oxygen atoms in total. The second kappa shape index (κ2) is 11.1. The Balaban J connectivity index is 1.93. The van der Waals surface area contributed by atoms with Crippen molar-refractivity contribution in [2.45, 2.75) is 39.8 Å². The van der Waals surface area contributed by atoms with Crippen LogP contribution in [0, 0.1) is 12.7 Å². The standard InChI is InChI=1S/C23H27FN2O4/c1-4-26(14-18-6-5-7-20(24)12-18)22(28)15-30-23(29)13-21(25-17(3)27)19-10-8-16(2)9-11-19/h5-12,21H,4,13-15H2,1-3H3,(H,25,27). The summed E-state index contributed by atoms with van der Waals surface area (Å²) in [6.45, 7) is 5.32. The highest BCUT2D eigenvalue weighted by atomic mass is 19.1. The lowest BCUT2D eigenvalue weighted by atomic mass is 10.0. The molecule has 0 heterocycles. The second-order valence-electron chi connectivity index (χ2n) is 7.07. The van der Waals surface area contributed by atoms with E-state index in [1.807, 2.05) is 31.2 Å². The number of likely N-dealkylation sites (N-methyl/N-ethyl adjacent to an activating group) is 1. The molecule has 1 unspecified atom stereocenters. The molecule has 0 bridgehead atoms. The molecule has 0 fully saturated rings. The van der Waals surface area contributed by atoms with Gasteiger partial charge in [0, 0.05) is 20.0 Å². The number of nitrogens with zero attached hydrogens (tertiary/aromatic N) is 1. The fourth-order valence-electron chi connectivity index (χ4n) is 2.99. The van der Waals surface area contributed by atoms with Crippen LogP contribution < -0.4 is 5.32 Å². The third kappa shape index (κ3) is 7.31. The van der Waals surface area contributed by atoms with Gasteiger partial charge in [-0.25, -0.2) is 4.39 Å². The third-order valence-electron chi connectivity index (χ3n) is 4.58. The highest BCUT2D eigenvalue weighted by Gasteiger charge is 2.20. The molecule has 2 amide bonds. The first-order valence-corrected chi connectivity index (χ1v) is 9.80. The van der Waals surface area contributed by atoms with Crippen LogP contribution in [0.25, 0.3) is 0 Å². The van der Waals surface area contributed by atoms with E-state index in [-0.39, 0.29) is 30.6 Å². The number of carbonyl (C=O) groups excluding carboxylic acids is 3. The highest BCUT2D eigenvalue weighted by molar-refractivity contribution is 5.81. The number of esters is 1. The van der Waals surface area contributed by atoms with Gasteiger partial charge < -0.3 is 15.0 Å². The molecule has 1 atom stereocenters. The largest absolute Gasteiger partial charge is 0.455 e. The normalized spacial score (nSPS) is 11.5. The van der Waals surface area contributed by atoms with Gasteiger partial charge in [-0.3, -0.25) is 14.4 Å². The minimum absolute atomic E-state index is 0.0913. The van der Waals surface area contributed by atoms with E-state index in [0.717, 1.165) is 11.1 Å². The summed E-state index contributed by atoms with van der Waals surface area (Å²) in [6, 6.07) is 12.9. The Labute approximate surface area is 176 Å². The summed E-state index contributed by atoms with van der Waals surface area (Å²) >= 11 is 0. The zero-order chi connectivity index (χ0) is 22.1. The van der Waals surface area contributed by atoms with Gasteiger partial charge in [-0.1, -0.05) is 42.0 Å². The zero-order valence-corrected chi connectivity index (χ0v) is 17.5. The first kappa shape index (κ1) is 23.1. The van der Waals surface area contributed by atoms with Crippen molar-refractivity contribution in [3.8, 4) is 0 Å². The molecule has 0 saturated carbocycles. The van der Waals surface area contributed by atoms with Gasteiger partial charge in [0.15, 0.2) is 6.61 Å². The maximum absolute atomic E-state index is 13.3. The fraction of sp³-hybridized carbons (Fsp3) is 0.348. The van der Waals surface area contributed by atoms with E-state index in [0.29, 0.717) is 12.1 Å². The molecule has 2 aromatic carbocycles. The molecule has 0 aromatic heterocycles. The maximum Gasteiger partial charge on any atom is 0.308 e. The summed E-state index contributed by atoms with van der Waals surface area (Å²) < 4.78 is 18.5. The first-order chi connectivity index (χ1) is 14.3. The summed E-state index contributed by atoms with van der Waals surface area (Å²) in [5.41, 5.74) is 2.49. The van der Waals surface area contributed by atoms with Gasteiger partial charge in [-0.2, -0.15) is 0 Å². The van der Waals surface area contributed by atoms with Gasteiger partial charge in [-0.05, 0) is 37.1 Å². The van der Waals surface area contributed by atoms with Crippen LogP contribution in [0.2, 0.25) is 0 Å². The number of ether oxygens (including phenoxy) is 1. The smallest absolute Gasteiger partial charge is 0.308 e. The molecular formula is C23H27FN2O4. The molecule has 0 radical (unpaired) electrons. The number of aryl methyl sites for hydroxylation is 1. The van der Waals surface area contributed by atoms with Crippen LogP contribution in [0.3, 0.4) is 0 Å². The van der Waals surface area contributed by atoms with Crippen LogP contribution in [0.15, 0.2) is 48.5 Å². The lowest BCUT2D eigenvalue weighted by Gasteiger charge is -2.22. The Kier molecular flexibility index (Phi) is 8.53. The van der Waals surface area contributed by atoms with E-state index < -0.39 is 18.6 Å². The van der Waals surface area contributed by atoms with E-state index in [1.54, 1.807) is 19.1 Å². The van der Waals surface area contributed by atoms with E-state index in [4.69, 9.17) is 4.74 Å². The predicted octanol–water partition coefficient (Wildman–Crippen LogP) is 3.29. The number of hydrogen-bond acceptors (Lipinski definition) is 4.